The molecule has 0 radical (unpaired) electrons. The van der Waals surface area contributed by atoms with Gasteiger partial charge >= 0.3 is 0 Å². The Kier molecular flexibility index (Phi) is 2.22. The number of benzene rings is 1. The van der Waals surface area contributed by atoms with Gasteiger partial charge in [0.1, 0.15) is 0 Å². The summed E-state index contributed by atoms with van der Waals surface area (Å²) in [5, 5.41) is 12.7. The minimum Gasteiger partial charge on any atom is -0.399 e. The molecular formula is C12H16N4O. The number of nitrogen functional groups attached to an aromatic ring is 1. The van der Waals surface area contributed by atoms with E-state index in [2.05, 4.69) is 15.3 Å². The van der Waals surface area contributed by atoms with Gasteiger partial charge in [-0.05, 0) is 37.5 Å². The highest BCUT2D eigenvalue weighted by atomic mass is 16.3. The lowest BCUT2D eigenvalue weighted by atomic mass is 9.77. The molecule has 1 aromatic carbocycles. The molecule has 1 aliphatic carbocycles. The molecule has 0 aliphatic heterocycles. The molecule has 90 valence electrons. The van der Waals surface area contributed by atoms with Gasteiger partial charge in [0.2, 0.25) is 5.95 Å². The molecule has 0 atom stereocenters. The lowest BCUT2D eigenvalue weighted by molar-refractivity contribution is 0.143. The fraction of sp³-hybridized carbons (Fsp3) is 0.417. The summed E-state index contributed by atoms with van der Waals surface area (Å²) in [7, 11) is 0. The van der Waals surface area contributed by atoms with E-state index >= 15 is 0 Å². The second-order valence-corrected chi connectivity index (χ2v) is 4.78. The maximum Gasteiger partial charge on any atom is 0.201 e. The third-order valence-electron chi connectivity index (χ3n) is 3.50. The van der Waals surface area contributed by atoms with E-state index in [0.29, 0.717) is 11.6 Å². The molecule has 1 fully saturated rings. The summed E-state index contributed by atoms with van der Waals surface area (Å²) in [6.07, 6.45) is 3.13. The van der Waals surface area contributed by atoms with Crippen LogP contribution in [0.1, 0.15) is 19.3 Å². The Balaban J connectivity index is 1.90. The predicted octanol–water partition coefficient (Wildman–Crippen LogP) is 1.47. The molecular weight excluding hydrogens is 216 g/mol. The van der Waals surface area contributed by atoms with Crippen LogP contribution in [-0.4, -0.2) is 27.2 Å². The zero-order valence-corrected chi connectivity index (χ0v) is 9.53. The zero-order valence-electron chi connectivity index (χ0n) is 9.53. The van der Waals surface area contributed by atoms with Crippen molar-refractivity contribution in [3.63, 3.8) is 0 Å². The second kappa shape index (κ2) is 3.63. The van der Waals surface area contributed by atoms with Crippen LogP contribution in [0.2, 0.25) is 0 Å². The number of fused-ring (bicyclic) bond motifs is 1. The van der Waals surface area contributed by atoms with Crippen molar-refractivity contribution in [1.82, 2.24) is 9.97 Å². The summed E-state index contributed by atoms with van der Waals surface area (Å²) in [6, 6.07) is 5.58. The summed E-state index contributed by atoms with van der Waals surface area (Å²) in [4.78, 5) is 7.62. The Labute approximate surface area is 99.0 Å². The SMILES string of the molecule is Nc1ccc2nc(NC3(CO)CCC3)[nH]c2c1. The third kappa shape index (κ3) is 1.72. The maximum absolute atomic E-state index is 9.39. The summed E-state index contributed by atoms with van der Waals surface area (Å²) in [6.45, 7) is 0.145. The molecule has 1 saturated carbocycles. The van der Waals surface area contributed by atoms with E-state index in [1.807, 2.05) is 18.2 Å². The number of aliphatic hydroxyl groups excluding tert-OH is 1. The average Bonchev–Trinajstić information content (AvgIpc) is 2.65. The number of nitrogens with two attached hydrogens (primary N) is 1. The van der Waals surface area contributed by atoms with Crippen molar-refractivity contribution in [3.8, 4) is 0 Å². The Bertz CT molecular complexity index is 539. The monoisotopic (exact) mass is 232 g/mol. The van der Waals surface area contributed by atoms with Crippen LogP contribution < -0.4 is 11.1 Å². The summed E-state index contributed by atoms with van der Waals surface area (Å²) in [5.74, 6) is 0.708. The molecule has 1 aromatic heterocycles. The van der Waals surface area contributed by atoms with Crippen molar-refractivity contribution in [3.05, 3.63) is 18.2 Å². The number of aromatic amines is 1. The molecule has 5 nitrogen and oxygen atoms in total. The minimum absolute atomic E-state index is 0.145. The summed E-state index contributed by atoms with van der Waals surface area (Å²) in [5.41, 5.74) is 8.05. The van der Waals surface area contributed by atoms with Gasteiger partial charge in [0, 0.05) is 5.69 Å². The topological polar surface area (TPSA) is 87.0 Å². The van der Waals surface area contributed by atoms with Gasteiger partial charge in [0.25, 0.3) is 0 Å². The smallest absolute Gasteiger partial charge is 0.201 e. The lowest BCUT2D eigenvalue weighted by Crippen LogP contribution is -2.48. The molecule has 17 heavy (non-hydrogen) atoms. The van der Waals surface area contributed by atoms with Gasteiger partial charge in [-0.15, -0.1) is 0 Å². The first-order valence-corrected chi connectivity index (χ1v) is 5.85. The van der Waals surface area contributed by atoms with Crippen molar-refractivity contribution in [2.75, 3.05) is 17.7 Å². The van der Waals surface area contributed by atoms with Crippen molar-refractivity contribution in [2.45, 2.75) is 24.8 Å². The zero-order chi connectivity index (χ0) is 11.9. The highest BCUT2D eigenvalue weighted by Gasteiger charge is 2.36. The molecule has 0 amide bonds. The first-order chi connectivity index (χ1) is 8.21. The van der Waals surface area contributed by atoms with Crippen LogP contribution in [0.4, 0.5) is 11.6 Å². The third-order valence-corrected chi connectivity index (χ3v) is 3.50. The van der Waals surface area contributed by atoms with Crippen LogP contribution in [0.15, 0.2) is 18.2 Å². The Morgan fingerprint density at radius 1 is 1.47 bits per heavy atom. The molecule has 2 aromatic rings. The number of H-pyrrole nitrogens is 1. The van der Waals surface area contributed by atoms with Gasteiger partial charge in [-0.1, -0.05) is 0 Å². The standard InChI is InChI=1S/C12H16N4O/c13-8-2-3-9-10(6-8)15-11(14-9)16-12(7-17)4-1-5-12/h2-3,6,17H,1,4-5,7,13H2,(H2,14,15,16). The van der Waals surface area contributed by atoms with E-state index in [4.69, 9.17) is 5.73 Å². The van der Waals surface area contributed by atoms with Crippen LogP contribution in [0.25, 0.3) is 11.0 Å². The predicted molar refractivity (Wildman–Crippen MR) is 67.8 cm³/mol. The van der Waals surface area contributed by atoms with Crippen LogP contribution in [0, 0.1) is 0 Å². The summed E-state index contributed by atoms with van der Waals surface area (Å²) >= 11 is 0. The number of hydrogen-bond donors (Lipinski definition) is 4. The van der Waals surface area contributed by atoms with Crippen LogP contribution in [0.3, 0.4) is 0 Å². The number of hydrogen-bond acceptors (Lipinski definition) is 4. The van der Waals surface area contributed by atoms with E-state index in [1.165, 1.54) is 0 Å². The molecule has 5 N–H and O–H groups in total. The van der Waals surface area contributed by atoms with E-state index in [-0.39, 0.29) is 12.1 Å². The molecule has 0 bridgehead atoms. The Morgan fingerprint density at radius 2 is 2.29 bits per heavy atom. The molecule has 0 spiro atoms. The number of rotatable bonds is 3. The van der Waals surface area contributed by atoms with Gasteiger partial charge in [0.15, 0.2) is 0 Å². The van der Waals surface area contributed by atoms with Crippen molar-refractivity contribution >= 4 is 22.7 Å². The minimum atomic E-state index is -0.181. The maximum atomic E-state index is 9.39. The Morgan fingerprint density at radius 3 is 2.94 bits per heavy atom. The average molecular weight is 232 g/mol. The number of imidazole rings is 1. The van der Waals surface area contributed by atoms with Gasteiger partial charge in [-0.2, -0.15) is 0 Å². The molecule has 1 aliphatic rings. The number of nitrogens with zero attached hydrogens (tertiary/aromatic N) is 1. The molecule has 3 rings (SSSR count). The molecule has 1 heterocycles. The number of nitrogens with one attached hydrogen (secondary N) is 2. The van der Waals surface area contributed by atoms with E-state index in [1.54, 1.807) is 0 Å². The van der Waals surface area contributed by atoms with Gasteiger partial charge < -0.3 is 21.1 Å². The fourth-order valence-electron chi connectivity index (χ4n) is 2.26. The molecule has 0 saturated heterocycles. The lowest BCUT2D eigenvalue weighted by Gasteiger charge is -2.40. The van der Waals surface area contributed by atoms with Crippen LogP contribution >= 0.6 is 0 Å². The van der Waals surface area contributed by atoms with Crippen LogP contribution in [-0.2, 0) is 0 Å². The highest BCUT2D eigenvalue weighted by Crippen LogP contribution is 2.34. The van der Waals surface area contributed by atoms with Crippen molar-refractivity contribution in [1.29, 1.82) is 0 Å². The normalized spacial score (nSPS) is 17.9. The summed E-state index contributed by atoms with van der Waals surface area (Å²) < 4.78 is 0. The van der Waals surface area contributed by atoms with Gasteiger partial charge in [-0.25, -0.2) is 4.98 Å². The van der Waals surface area contributed by atoms with Crippen molar-refractivity contribution < 1.29 is 5.11 Å². The number of aliphatic hydroxyl groups is 1. The quantitative estimate of drug-likeness (QED) is 0.603. The second-order valence-electron chi connectivity index (χ2n) is 4.78. The van der Waals surface area contributed by atoms with E-state index < -0.39 is 0 Å². The first-order valence-electron chi connectivity index (χ1n) is 5.85. The van der Waals surface area contributed by atoms with E-state index in [0.717, 1.165) is 30.3 Å². The van der Waals surface area contributed by atoms with Crippen molar-refractivity contribution in [2.24, 2.45) is 0 Å². The number of anilines is 2. The molecule has 5 heteroatoms. The fourth-order valence-corrected chi connectivity index (χ4v) is 2.26. The van der Waals surface area contributed by atoms with Gasteiger partial charge in [-0.3, -0.25) is 0 Å². The highest BCUT2D eigenvalue weighted by molar-refractivity contribution is 5.80. The largest absolute Gasteiger partial charge is 0.399 e. The van der Waals surface area contributed by atoms with E-state index in [9.17, 15) is 5.11 Å². The number of aromatic nitrogens is 2. The van der Waals surface area contributed by atoms with Gasteiger partial charge in [0.05, 0.1) is 23.2 Å². The first kappa shape index (κ1) is 10.4. The van der Waals surface area contributed by atoms with Crippen LogP contribution in [0.5, 0.6) is 0 Å². The molecule has 0 unspecified atom stereocenters. The Hall–Kier alpha value is -1.75.